The predicted octanol–water partition coefficient (Wildman–Crippen LogP) is -0.843. The lowest BCUT2D eigenvalue weighted by Gasteiger charge is -2.27. The molecule has 0 aromatic heterocycles. The highest BCUT2D eigenvalue weighted by Crippen LogP contribution is 2.15. The van der Waals surface area contributed by atoms with Crippen LogP contribution in [-0.4, -0.2) is 61.1 Å². The summed E-state index contributed by atoms with van der Waals surface area (Å²) in [6.07, 6.45) is 0.302. The zero-order valence-corrected chi connectivity index (χ0v) is 10.1. The molecule has 2 N–H and O–H groups in total. The van der Waals surface area contributed by atoms with Crippen LogP contribution in [0.3, 0.4) is 0 Å². The van der Waals surface area contributed by atoms with E-state index in [1.807, 2.05) is 0 Å². The number of hydrogen-bond donors (Lipinski definition) is 2. The van der Waals surface area contributed by atoms with Gasteiger partial charge in [-0.05, 0) is 17.9 Å². The van der Waals surface area contributed by atoms with Crippen molar-refractivity contribution in [1.29, 1.82) is 0 Å². The molecule has 0 heterocycles. The monoisotopic (exact) mass is 268 g/mol. The molecule has 0 rings (SSSR count). The summed E-state index contributed by atoms with van der Waals surface area (Å²) in [6, 6.07) is 0. The van der Waals surface area contributed by atoms with E-state index in [4.69, 9.17) is 24.4 Å². The molecule has 0 radical (unpaired) electrons. The molecule has 104 valence electrons. The standard InChI is InChI=1S/C6H14O4.C4H6O2.H4Si/c1-8-6(9-2,10-3)4-5-7;1-3(2)4(5)6;/h7H,4-5H2,1-3H3;1H2,2H3,(H,5,6);1H4. The predicted molar refractivity (Wildman–Crippen MR) is 69.2 cm³/mol. The molecule has 0 saturated carbocycles. The van der Waals surface area contributed by atoms with Gasteiger partial charge in [0, 0.05) is 26.9 Å². The quantitative estimate of drug-likeness (QED) is 0.371. The number of hydrogen-bond acceptors (Lipinski definition) is 5. The molecular formula is C10H24O6Si. The number of carboxylic acids is 1. The van der Waals surface area contributed by atoms with Crippen molar-refractivity contribution in [2.45, 2.75) is 19.3 Å². The van der Waals surface area contributed by atoms with Gasteiger partial charge in [0.05, 0.1) is 13.0 Å². The molecule has 7 heteroatoms. The molecule has 0 aliphatic carbocycles. The Morgan fingerprint density at radius 3 is 1.59 bits per heavy atom. The number of aliphatic hydroxyl groups excluding tert-OH is 1. The normalized spacial score (nSPS) is 9.71. The minimum absolute atomic E-state index is 0. The number of aliphatic carboxylic acids is 1. The van der Waals surface area contributed by atoms with Crippen LogP contribution in [0.15, 0.2) is 12.2 Å². The molecule has 0 amide bonds. The highest BCUT2D eigenvalue weighted by atomic mass is 28.1. The summed E-state index contributed by atoms with van der Waals surface area (Å²) in [4.78, 5) is 9.60. The van der Waals surface area contributed by atoms with E-state index in [9.17, 15) is 4.79 Å². The van der Waals surface area contributed by atoms with E-state index in [0.717, 1.165) is 0 Å². The summed E-state index contributed by atoms with van der Waals surface area (Å²) in [5.41, 5.74) is 0.176. The van der Waals surface area contributed by atoms with Crippen LogP contribution in [0.25, 0.3) is 0 Å². The minimum atomic E-state index is -1.07. The van der Waals surface area contributed by atoms with Crippen LogP contribution in [0.1, 0.15) is 13.3 Å². The lowest BCUT2D eigenvalue weighted by atomic mass is 10.4. The molecule has 0 spiro atoms. The second-order valence-electron chi connectivity index (χ2n) is 2.85. The molecule has 0 aromatic rings. The third-order valence-electron chi connectivity index (χ3n) is 1.72. The fourth-order valence-electron chi connectivity index (χ4n) is 0.693. The maximum Gasteiger partial charge on any atom is 0.330 e. The first-order chi connectivity index (χ1) is 7.39. The van der Waals surface area contributed by atoms with Gasteiger partial charge in [-0.3, -0.25) is 0 Å². The van der Waals surface area contributed by atoms with Crippen molar-refractivity contribution in [2.75, 3.05) is 27.9 Å². The zero-order chi connectivity index (χ0) is 13.2. The Morgan fingerprint density at radius 1 is 1.24 bits per heavy atom. The molecule has 0 bridgehead atoms. The van der Waals surface area contributed by atoms with Crippen LogP contribution in [0.4, 0.5) is 0 Å². The van der Waals surface area contributed by atoms with Crippen molar-refractivity contribution < 1.29 is 29.2 Å². The van der Waals surface area contributed by atoms with Gasteiger partial charge in [-0.25, -0.2) is 4.79 Å². The van der Waals surface area contributed by atoms with Gasteiger partial charge < -0.3 is 24.4 Å². The number of aliphatic hydroxyl groups is 1. The molecule has 0 atom stereocenters. The van der Waals surface area contributed by atoms with Crippen LogP contribution in [-0.2, 0) is 19.0 Å². The van der Waals surface area contributed by atoms with Crippen LogP contribution >= 0.6 is 0 Å². The lowest BCUT2D eigenvalue weighted by molar-refractivity contribution is -0.356. The fraction of sp³-hybridized carbons (Fsp3) is 0.700. The topological polar surface area (TPSA) is 85.2 Å². The Labute approximate surface area is 106 Å². The molecule has 17 heavy (non-hydrogen) atoms. The van der Waals surface area contributed by atoms with Gasteiger partial charge in [0.2, 0.25) is 0 Å². The molecule has 0 unspecified atom stereocenters. The zero-order valence-electron chi connectivity index (χ0n) is 10.1. The fourth-order valence-corrected chi connectivity index (χ4v) is 0.693. The maximum atomic E-state index is 9.60. The van der Waals surface area contributed by atoms with Gasteiger partial charge >= 0.3 is 5.97 Å². The van der Waals surface area contributed by atoms with E-state index in [2.05, 4.69) is 6.58 Å². The Balaban J connectivity index is -0.000000244. The van der Waals surface area contributed by atoms with E-state index < -0.39 is 11.9 Å². The van der Waals surface area contributed by atoms with Crippen molar-refractivity contribution in [3.63, 3.8) is 0 Å². The summed E-state index contributed by atoms with van der Waals surface area (Å²) in [5.74, 6) is -2.01. The SMILES string of the molecule is C=C(C)C(=O)O.COC(CCO)(OC)OC.[SiH4]. The van der Waals surface area contributed by atoms with Gasteiger partial charge in [-0.2, -0.15) is 0 Å². The maximum absolute atomic E-state index is 9.60. The van der Waals surface area contributed by atoms with E-state index in [1.165, 1.54) is 28.3 Å². The molecule has 0 aromatic carbocycles. The van der Waals surface area contributed by atoms with Crippen molar-refractivity contribution >= 4 is 16.9 Å². The van der Waals surface area contributed by atoms with Gasteiger partial charge in [0.25, 0.3) is 5.97 Å². The van der Waals surface area contributed by atoms with Crippen molar-refractivity contribution in [3.8, 4) is 0 Å². The first-order valence-electron chi connectivity index (χ1n) is 4.54. The van der Waals surface area contributed by atoms with Gasteiger partial charge in [0.1, 0.15) is 0 Å². The summed E-state index contributed by atoms with van der Waals surface area (Å²) in [7, 11) is 4.38. The Bertz CT molecular complexity index is 195. The van der Waals surface area contributed by atoms with Crippen molar-refractivity contribution in [3.05, 3.63) is 12.2 Å². The molecule has 0 saturated heterocycles. The third-order valence-corrected chi connectivity index (χ3v) is 1.72. The van der Waals surface area contributed by atoms with Crippen LogP contribution < -0.4 is 0 Å². The summed E-state index contributed by atoms with van der Waals surface area (Å²) in [6.45, 7) is 4.57. The number of rotatable bonds is 6. The second-order valence-corrected chi connectivity index (χ2v) is 2.85. The minimum Gasteiger partial charge on any atom is -0.478 e. The molecule has 6 nitrogen and oxygen atoms in total. The second kappa shape index (κ2) is 11.7. The van der Waals surface area contributed by atoms with Gasteiger partial charge in [-0.15, -0.1) is 0 Å². The number of ether oxygens (including phenoxy) is 3. The molecule has 0 fully saturated rings. The number of carboxylic acid groups (broad SMARTS) is 1. The Morgan fingerprint density at radius 2 is 1.53 bits per heavy atom. The average molecular weight is 268 g/mol. The van der Waals surface area contributed by atoms with Crippen molar-refractivity contribution in [2.24, 2.45) is 0 Å². The number of methoxy groups -OCH3 is 3. The first kappa shape index (κ1) is 21.5. The average Bonchev–Trinajstić information content (AvgIpc) is 2.27. The van der Waals surface area contributed by atoms with E-state index in [-0.39, 0.29) is 23.1 Å². The summed E-state index contributed by atoms with van der Waals surface area (Å²) >= 11 is 0. The van der Waals surface area contributed by atoms with Crippen molar-refractivity contribution in [1.82, 2.24) is 0 Å². The summed E-state index contributed by atoms with van der Waals surface area (Å²) in [5, 5.41) is 16.4. The van der Waals surface area contributed by atoms with E-state index in [0.29, 0.717) is 6.42 Å². The molecule has 0 aliphatic rings. The first-order valence-corrected chi connectivity index (χ1v) is 4.54. The Hall–Kier alpha value is -0.733. The largest absolute Gasteiger partial charge is 0.478 e. The highest BCUT2D eigenvalue weighted by molar-refractivity contribution is 5.84. The van der Waals surface area contributed by atoms with E-state index in [1.54, 1.807) is 0 Å². The highest BCUT2D eigenvalue weighted by Gasteiger charge is 2.28. The smallest absolute Gasteiger partial charge is 0.330 e. The van der Waals surface area contributed by atoms with Crippen LogP contribution in [0.5, 0.6) is 0 Å². The lowest BCUT2D eigenvalue weighted by Crippen LogP contribution is -2.36. The van der Waals surface area contributed by atoms with Crippen LogP contribution in [0, 0.1) is 0 Å². The summed E-state index contributed by atoms with van der Waals surface area (Å²) < 4.78 is 14.6. The van der Waals surface area contributed by atoms with Gasteiger partial charge in [0.15, 0.2) is 0 Å². The van der Waals surface area contributed by atoms with E-state index >= 15 is 0 Å². The third kappa shape index (κ3) is 10.2. The van der Waals surface area contributed by atoms with Gasteiger partial charge in [-0.1, -0.05) is 6.58 Å². The molecular weight excluding hydrogens is 244 g/mol. The Kier molecular flexibility index (Phi) is 14.9. The van der Waals surface area contributed by atoms with Crippen LogP contribution in [0.2, 0.25) is 0 Å². The number of carbonyl (C=O) groups is 1. The molecule has 0 aliphatic heterocycles.